The van der Waals surface area contributed by atoms with Gasteiger partial charge < -0.3 is 5.73 Å². The van der Waals surface area contributed by atoms with Crippen LogP contribution in [-0.2, 0) is 26.2 Å². The third-order valence-electron chi connectivity index (χ3n) is 2.87. The number of nitrogens with two attached hydrogens (primary N) is 1. The molecule has 1 saturated heterocycles. The van der Waals surface area contributed by atoms with Gasteiger partial charge in [0.1, 0.15) is 10.9 Å². The molecule has 0 spiro atoms. The van der Waals surface area contributed by atoms with E-state index in [0.29, 0.717) is 0 Å². The molecule has 108 valence electrons. The number of nitrogens with zero attached hydrogens (tertiary/aromatic N) is 1. The number of hydrogen-bond acceptors (Lipinski definition) is 6. The van der Waals surface area contributed by atoms with Crippen molar-refractivity contribution in [2.45, 2.75) is 30.3 Å². The highest BCUT2D eigenvalue weighted by Gasteiger charge is 2.31. The summed E-state index contributed by atoms with van der Waals surface area (Å²) in [5.74, 6) is -1.06. The van der Waals surface area contributed by atoms with Gasteiger partial charge in [0.2, 0.25) is 21.8 Å². The van der Waals surface area contributed by atoms with Crippen LogP contribution in [0.4, 0.5) is 0 Å². The predicted molar refractivity (Wildman–Crippen MR) is 68.6 cm³/mol. The molecule has 1 aliphatic rings. The minimum Gasteiger partial charge on any atom is -0.325 e. The van der Waals surface area contributed by atoms with Crippen LogP contribution in [0.15, 0.2) is 23.2 Å². The van der Waals surface area contributed by atoms with Gasteiger partial charge in [0.15, 0.2) is 0 Å². The van der Waals surface area contributed by atoms with Gasteiger partial charge >= 0.3 is 0 Å². The summed E-state index contributed by atoms with van der Waals surface area (Å²) in [6.45, 7) is -0.0353. The summed E-state index contributed by atoms with van der Waals surface area (Å²) < 4.78 is 26.7. The molecule has 1 aromatic heterocycles. The first-order chi connectivity index (χ1) is 9.44. The molecule has 0 aromatic carbocycles. The maximum absolute atomic E-state index is 12.2. The highest BCUT2D eigenvalue weighted by Crippen LogP contribution is 2.15. The number of carbonyl (C=O) groups excluding carboxylic acids is 2. The summed E-state index contributed by atoms with van der Waals surface area (Å²) in [5, 5.41) is 2.09. The molecule has 1 aromatic rings. The molecule has 0 aliphatic carbocycles. The van der Waals surface area contributed by atoms with E-state index in [1.54, 1.807) is 0 Å². The van der Waals surface area contributed by atoms with Crippen molar-refractivity contribution in [2.75, 3.05) is 0 Å². The number of rotatable bonds is 4. The average molecular weight is 298 g/mol. The average Bonchev–Trinajstić information content (AvgIpc) is 2.42. The molecule has 4 N–H and O–H groups in total. The van der Waals surface area contributed by atoms with Crippen LogP contribution < -0.4 is 15.8 Å². The van der Waals surface area contributed by atoms with Crippen LogP contribution in [0.2, 0.25) is 0 Å². The number of pyridine rings is 1. The van der Waals surface area contributed by atoms with Crippen molar-refractivity contribution >= 4 is 21.8 Å². The third-order valence-corrected chi connectivity index (χ3v) is 4.41. The lowest BCUT2D eigenvalue weighted by molar-refractivity contribution is -0.134. The SMILES string of the molecule is NCc1ncccc1S(=O)(=O)NC1CCC(=O)NC1=O. The molecule has 9 heteroatoms. The van der Waals surface area contributed by atoms with Gasteiger partial charge in [-0.3, -0.25) is 19.9 Å². The Morgan fingerprint density at radius 3 is 2.85 bits per heavy atom. The van der Waals surface area contributed by atoms with Crippen LogP contribution in [0.3, 0.4) is 0 Å². The summed E-state index contributed by atoms with van der Waals surface area (Å²) in [4.78, 5) is 26.4. The van der Waals surface area contributed by atoms with Crippen LogP contribution in [0.1, 0.15) is 18.5 Å². The minimum absolute atomic E-state index is 0.0353. The minimum atomic E-state index is -3.92. The second-order valence-corrected chi connectivity index (χ2v) is 5.96. The van der Waals surface area contributed by atoms with E-state index in [9.17, 15) is 18.0 Å². The number of carbonyl (C=O) groups is 2. The zero-order valence-corrected chi connectivity index (χ0v) is 11.3. The van der Waals surface area contributed by atoms with Gasteiger partial charge in [-0.05, 0) is 18.6 Å². The van der Waals surface area contributed by atoms with E-state index < -0.39 is 27.9 Å². The maximum atomic E-state index is 12.2. The molecule has 1 fully saturated rings. The zero-order valence-electron chi connectivity index (χ0n) is 10.5. The van der Waals surface area contributed by atoms with E-state index in [0.717, 1.165) is 0 Å². The Balaban J connectivity index is 2.23. The van der Waals surface area contributed by atoms with Crippen LogP contribution in [0.25, 0.3) is 0 Å². The molecule has 2 rings (SSSR count). The van der Waals surface area contributed by atoms with E-state index in [1.165, 1.54) is 18.3 Å². The van der Waals surface area contributed by atoms with Gasteiger partial charge in [-0.25, -0.2) is 8.42 Å². The molecule has 0 bridgehead atoms. The van der Waals surface area contributed by atoms with Crippen molar-refractivity contribution in [3.63, 3.8) is 0 Å². The van der Waals surface area contributed by atoms with Crippen LogP contribution in [-0.4, -0.2) is 31.3 Å². The second kappa shape index (κ2) is 5.65. The Morgan fingerprint density at radius 2 is 2.20 bits per heavy atom. The van der Waals surface area contributed by atoms with Crippen molar-refractivity contribution < 1.29 is 18.0 Å². The highest BCUT2D eigenvalue weighted by atomic mass is 32.2. The summed E-state index contributed by atoms with van der Waals surface area (Å²) in [5.41, 5.74) is 5.66. The molecular formula is C11H14N4O4S. The number of piperidine rings is 1. The number of sulfonamides is 1. The summed E-state index contributed by atoms with van der Waals surface area (Å²) >= 11 is 0. The molecule has 2 heterocycles. The molecule has 2 amide bonds. The predicted octanol–water partition coefficient (Wildman–Crippen LogP) is -1.38. The molecule has 8 nitrogen and oxygen atoms in total. The van der Waals surface area contributed by atoms with Crippen molar-refractivity contribution in [1.29, 1.82) is 0 Å². The fraction of sp³-hybridized carbons (Fsp3) is 0.364. The van der Waals surface area contributed by atoms with Crippen LogP contribution in [0, 0.1) is 0 Å². The van der Waals surface area contributed by atoms with Gasteiger partial charge in [0.05, 0.1) is 5.69 Å². The van der Waals surface area contributed by atoms with Crippen molar-refractivity contribution in [1.82, 2.24) is 15.0 Å². The Hall–Kier alpha value is -1.84. The van der Waals surface area contributed by atoms with E-state index in [-0.39, 0.29) is 30.0 Å². The molecule has 0 radical (unpaired) electrons. The largest absolute Gasteiger partial charge is 0.325 e. The van der Waals surface area contributed by atoms with E-state index in [2.05, 4.69) is 15.0 Å². The lowest BCUT2D eigenvalue weighted by Crippen LogP contribution is -2.52. The fourth-order valence-corrected chi connectivity index (χ4v) is 3.31. The van der Waals surface area contributed by atoms with Gasteiger partial charge in [0, 0.05) is 19.2 Å². The number of amides is 2. The standard InChI is InChI=1S/C11H14N4O4S/c12-6-8-9(2-1-5-13-8)20(18,19)15-7-3-4-10(16)14-11(7)17/h1-2,5,7,15H,3-4,6,12H2,(H,14,16,17). The number of imide groups is 1. The fourth-order valence-electron chi connectivity index (χ4n) is 1.88. The summed E-state index contributed by atoms with van der Waals surface area (Å²) in [6, 6.07) is 1.87. The van der Waals surface area contributed by atoms with Crippen molar-refractivity contribution in [3.05, 3.63) is 24.0 Å². The molecular weight excluding hydrogens is 284 g/mol. The number of hydrogen-bond donors (Lipinski definition) is 3. The first-order valence-electron chi connectivity index (χ1n) is 5.94. The van der Waals surface area contributed by atoms with Gasteiger partial charge in [0.25, 0.3) is 0 Å². The lowest BCUT2D eigenvalue weighted by atomic mass is 10.1. The van der Waals surface area contributed by atoms with Gasteiger partial charge in [-0.15, -0.1) is 0 Å². The second-order valence-electron chi connectivity index (χ2n) is 4.28. The van der Waals surface area contributed by atoms with E-state index >= 15 is 0 Å². The Labute approximate surface area is 115 Å². The third kappa shape index (κ3) is 3.00. The molecule has 20 heavy (non-hydrogen) atoms. The smallest absolute Gasteiger partial charge is 0.244 e. The first-order valence-corrected chi connectivity index (χ1v) is 7.42. The topological polar surface area (TPSA) is 131 Å². The Morgan fingerprint density at radius 1 is 1.45 bits per heavy atom. The quantitative estimate of drug-likeness (QED) is 0.587. The molecule has 1 aliphatic heterocycles. The van der Waals surface area contributed by atoms with Gasteiger partial charge in [-0.1, -0.05) is 0 Å². The van der Waals surface area contributed by atoms with Crippen LogP contribution in [0.5, 0.6) is 0 Å². The monoisotopic (exact) mass is 298 g/mol. The molecule has 1 atom stereocenters. The lowest BCUT2D eigenvalue weighted by Gasteiger charge is -2.22. The van der Waals surface area contributed by atoms with E-state index in [1.807, 2.05) is 0 Å². The molecule has 1 unspecified atom stereocenters. The Bertz CT molecular complexity index is 644. The summed E-state index contributed by atoms with van der Waals surface area (Å²) in [6.07, 6.45) is 1.66. The number of aromatic nitrogens is 1. The number of nitrogens with one attached hydrogen (secondary N) is 2. The first kappa shape index (κ1) is 14.6. The van der Waals surface area contributed by atoms with E-state index in [4.69, 9.17) is 5.73 Å². The normalized spacial score (nSPS) is 19.8. The molecule has 0 saturated carbocycles. The van der Waals surface area contributed by atoms with Crippen molar-refractivity contribution in [3.8, 4) is 0 Å². The zero-order chi connectivity index (χ0) is 14.8. The van der Waals surface area contributed by atoms with Gasteiger partial charge in [-0.2, -0.15) is 4.72 Å². The van der Waals surface area contributed by atoms with Crippen molar-refractivity contribution in [2.24, 2.45) is 5.73 Å². The summed E-state index contributed by atoms with van der Waals surface area (Å²) in [7, 11) is -3.92. The van der Waals surface area contributed by atoms with Crippen LogP contribution >= 0.6 is 0 Å². The maximum Gasteiger partial charge on any atom is 0.244 e. The Kier molecular flexibility index (Phi) is 4.12. The highest BCUT2D eigenvalue weighted by molar-refractivity contribution is 7.89.